The van der Waals surface area contributed by atoms with Crippen LogP contribution >= 0.6 is 0 Å². The van der Waals surface area contributed by atoms with E-state index in [9.17, 15) is 9.90 Å². The average Bonchev–Trinajstić information content (AvgIpc) is 3.23. The second-order valence-corrected chi connectivity index (χ2v) is 17.2. The van der Waals surface area contributed by atoms with Gasteiger partial charge in [0.05, 0.1) is 13.2 Å². The molecule has 0 aliphatic heterocycles. The number of unbranched alkanes of at least 4 members (excludes halogenated alkanes) is 32. The molecule has 340 valence electrons. The van der Waals surface area contributed by atoms with Gasteiger partial charge in [0.2, 0.25) is 0 Å². The van der Waals surface area contributed by atoms with Gasteiger partial charge in [-0.25, -0.2) is 0 Å². The first-order valence-corrected chi connectivity index (χ1v) is 25.7. The van der Waals surface area contributed by atoms with Crippen molar-refractivity contribution in [3.63, 3.8) is 0 Å². The fourth-order valence-corrected chi connectivity index (χ4v) is 7.62. The Hall–Kier alpha value is -1.65. The number of rotatable bonds is 48. The molecule has 0 rings (SSSR count). The summed E-state index contributed by atoms with van der Waals surface area (Å²) >= 11 is 0. The average molecular weight is 813 g/mol. The number of aliphatic hydroxyl groups excluding tert-OH is 1. The molecule has 0 spiro atoms. The molecule has 58 heavy (non-hydrogen) atoms. The lowest BCUT2D eigenvalue weighted by atomic mass is 10.0. The summed E-state index contributed by atoms with van der Waals surface area (Å²) in [6.45, 7) is 5.28. The minimum Gasteiger partial charge on any atom is -0.457 e. The van der Waals surface area contributed by atoms with Crippen LogP contribution in [0.5, 0.6) is 0 Å². The van der Waals surface area contributed by atoms with Gasteiger partial charge in [-0.1, -0.05) is 255 Å². The van der Waals surface area contributed by atoms with Crippen LogP contribution in [0.1, 0.15) is 264 Å². The van der Waals surface area contributed by atoms with Gasteiger partial charge in [0.15, 0.2) is 0 Å². The SMILES string of the molecule is CC/C=C\C/C=C\C/C=C\C/C=C\CCCCCCCCCCCCCCC(=O)OC(CO)COCCCCCCCCCCCCCCCCCCCCCCC. The number of carbonyl (C=O) groups is 1. The normalized spacial score (nSPS) is 12.7. The third kappa shape index (κ3) is 48.7. The van der Waals surface area contributed by atoms with Crippen molar-refractivity contribution in [3.8, 4) is 0 Å². The molecule has 0 aromatic carbocycles. The van der Waals surface area contributed by atoms with Crippen molar-refractivity contribution >= 4 is 5.97 Å². The Balaban J connectivity index is 3.38. The van der Waals surface area contributed by atoms with Crippen molar-refractivity contribution in [1.82, 2.24) is 0 Å². The Kier molecular flexibility index (Phi) is 50.0. The molecule has 1 atom stereocenters. The summed E-state index contributed by atoms with van der Waals surface area (Å²) in [5, 5.41) is 9.65. The summed E-state index contributed by atoms with van der Waals surface area (Å²) in [5.74, 6) is -0.199. The molecule has 1 unspecified atom stereocenters. The molecule has 0 radical (unpaired) electrons. The molecule has 0 saturated heterocycles. The van der Waals surface area contributed by atoms with Crippen LogP contribution in [0.3, 0.4) is 0 Å². The first-order valence-electron chi connectivity index (χ1n) is 25.7. The Bertz CT molecular complexity index is 905. The lowest BCUT2D eigenvalue weighted by Gasteiger charge is -2.16. The van der Waals surface area contributed by atoms with E-state index in [-0.39, 0.29) is 12.6 Å². The highest BCUT2D eigenvalue weighted by Gasteiger charge is 2.13. The second kappa shape index (κ2) is 51.5. The lowest BCUT2D eigenvalue weighted by molar-refractivity contribution is -0.154. The molecule has 0 amide bonds. The van der Waals surface area contributed by atoms with Crippen LogP contribution in [0.25, 0.3) is 0 Å². The van der Waals surface area contributed by atoms with Crippen molar-refractivity contribution in [1.29, 1.82) is 0 Å². The van der Waals surface area contributed by atoms with Crippen LogP contribution in [0.15, 0.2) is 48.6 Å². The molecule has 1 N–H and O–H groups in total. The summed E-state index contributed by atoms with van der Waals surface area (Å²) in [4.78, 5) is 12.3. The molecule has 4 heteroatoms. The number of ether oxygens (including phenoxy) is 2. The van der Waals surface area contributed by atoms with E-state index in [2.05, 4.69) is 62.5 Å². The van der Waals surface area contributed by atoms with Crippen LogP contribution in [0, 0.1) is 0 Å². The maximum atomic E-state index is 12.3. The van der Waals surface area contributed by atoms with Crippen molar-refractivity contribution in [2.24, 2.45) is 0 Å². The first-order chi connectivity index (χ1) is 28.7. The van der Waals surface area contributed by atoms with Gasteiger partial charge in [-0.3, -0.25) is 4.79 Å². The molecule has 0 fully saturated rings. The van der Waals surface area contributed by atoms with Gasteiger partial charge in [-0.15, -0.1) is 0 Å². The van der Waals surface area contributed by atoms with Gasteiger partial charge < -0.3 is 14.6 Å². The van der Waals surface area contributed by atoms with Gasteiger partial charge in [-0.2, -0.15) is 0 Å². The largest absolute Gasteiger partial charge is 0.457 e. The van der Waals surface area contributed by atoms with Crippen molar-refractivity contribution in [2.45, 2.75) is 270 Å². The third-order valence-corrected chi connectivity index (χ3v) is 11.4. The number of allylic oxidation sites excluding steroid dienone is 8. The summed E-state index contributed by atoms with van der Waals surface area (Å²) < 4.78 is 11.2. The fraction of sp³-hybridized carbons (Fsp3) is 0.833. The van der Waals surface area contributed by atoms with Crippen molar-refractivity contribution < 1.29 is 19.4 Å². The van der Waals surface area contributed by atoms with E-state index in [1.165, 1.54) is 199 Å². The molecule has 0 bridgehead atoms. The second-order valence-electron chi connectivity index (χ2n) is 17.2. The Morgan fingerprint density at radius 1 is 0.431 bits per heavy atom. The number of hydrogen-bond donors (Lipinski definition) is 1. The highest BCUT2D eigenvalue weighted by Crippen LogP contribution is 2.16. The Morgan fingerprint density at radius 2 is 0.776 bits per heavy atom. The monoisotopic (exact) mass is 813 g/mol. The predicted molar refractivity (Wildman–Crippen MR) is 256 cm³/mol. The predicted octanol–water partition coefficient (Wildman–Crippen LogP) is 17.4. The van der Waals surface area contributed by atoms with Crippen LogP contribution < -0.4 is 0 Å². The summed E-state index contributed by atoms with van der Waals surface area (Å²) in [5.41, 5.74) is 0. The zero-order valence-electron chi connectivity index (χ0n) is 39.1. The molecule has 4 nitrogen and oxygen atoms in total. The standard InChI is InChI=1S/C54H100O4/c1-3-5-7-9-11-13-15-17-19-21-23-25-26-27-28-29-31-33-35-37-39-41-43-45-47-49-54(56)58-53(51-55)52-57-50-48-46-44-42-40-38-36-34-32-30-24-22-20-18-16-14-12-10-8-6-4-2/h5,7,11,13,17,19,23,25,53,55H,3-4,6,8-10,12,14-16,18,20-22,24,26-52H2,1-2H3/b7-5-,13-11-,19-17-,25-23-. The minimum absolute atomic E-state index is 0.170. The molecular weight excluding hydrogens is 713 g/mol. The molecule has 0 aliphatic rings. The summed E-state index contributed by atoms with van der Waals surface area (Å²) in [6, 6.07) is 0. The third-order valence-electron chi connectivity index (χ3n) is 11.4. The molecule has 0 heterocycles. The Morgan fingerprint density at radius 3 is 1.17 bits per heavy atom. The van der Waals surface area contributed by atoms with Gasteiger partial charge in [0.1, 0.15) is 6.10 Å². The number of carbonyl (C=O) groups excluding carboxylic acids is 1. The van der Waals surface area contributed by atoms with Gasteiger partial charge in [0.25, 0.3) is 0 Å². The topological polar surface area (TPSA) is 55.8 Å². The van der Waals surface area contributed by atoms with E-state index in [1.54, 1.807) is 0 Å². The number of esters is 1. The molecule has 0 saturated carbocycles. The van der Waals surface area contributed by atoms with Gasteiger partial charge in [0, 0.05) is 13.0 Å². The minimum atomic E-state index is -0.534. The van der Waals surface area contributed by atoms with Crippen molar-refractivity contribution in [2.75, 3.05) is 19.8 Å². The van der Waals surface area contributed by atoms with Crippen LogP contribution in [0.2, 0.25) is 0 Å². The number of aliphatic hydroxyl groups is 1. The fourth-order valence-electron chi connectivity index (χ4n) is 7.62. The highest BCUT2D eigenvalue weighted by atomic mass is 16.6. The van der Waals surface area contributed by atoms with Crippen LogP contribution in [-0.4, -0.2) is 37.0 Å². The van der Waals surface area contributed by atoms with Gasteiger partial charge in [-0.05, 0) is 51.4 Å². The van der Waals surface area contributed by atoms with E-state index in [0.29, 0.717) is 19.6 Å². The summed E-state index contributed by atoms with van der Waals surface area (Å²) in [7, 11) is 0. The van der Waals surface area contributed by atoms with Crippen LogP contribution in [-0.2, 0) is 14.3 Å². The molecule has 0 aliphatic carbocycles. The maximum Gasteiger partial charge on any atom is 0.306 e. The van der Waals surface area contributed by atoms with E-state index < -0.39 is 6.10 Å². The van der Waals surface area contributed by atoms with Gasteiger partial charge >= 0.3 is 5.97 Å². The first kappa shape index (κ1) is 56.4. The molecular formula is C54H100O4. The quantitative estimate of drug-likeness (QED) is 0.0378. The molecule has 0 aromatic heterocycles. The lowest BCUT2D eigenvalue weighted by Crippen LogP contribution is -2.27. The zero-order chi connectivity index (χ0) is 41.9. The van der Waals surface area contributed by atoms with E-state index in [4.69, 9.17) is 9.47 Å². The van der Waals surface area contributed by atoms with Crippen LogP contribution in [0.4, 0.5) is 0 Å². The van der Waals surface area contributed by atoms with E-state index in [1.807, 2.05) is 0 Å². The zero-order valence-corrected chi connectivity index (χ0v) is 39.1. The number of hydrogen-bond acceptors (Lipinski definition) is 4. The van der Waals surface area contributed by atoms with E-state index >= 15 is 0 Å². The summed E-state index contributed by atoms with van der Waals surface area (Å²) in [6.07, 6.45) is 67.8. The van der Waals surface area contributed by atoms with Crippen molar-refractivity contribution in [3.05, 3.63) is 48.6 Å². The smallest absolute Gasteiger partial charge is 0.306 e. The Labute approximate surface area is 363 Å². The molecule has 0 aromatic rings. The maximum absolute atomic E-state index is 12.3. The van der Waals surface area contributed by atoms with E-state index in [0.717, 1.165) is 44.9 Å². The highest BCUT2D eigenvalue weighted by molar-refractivity contribution is 5.69.